The molecular formula is C13H9N3O. The Balaban J connectivity index is 2.32. The number of fused-ring (bicyclic) bond motifs is 3. The largest absolute Gasteiger partial charge is 0.324 e. The highest BCUT2D eigenvalue weighted by Crippen LogP contribution is 2.29. The standard InChI is InChI=1S/C13H9N3O/c14-7-9-6-10-11(16-13(9)17)4-3-8-2-1-5-15-12(8)10/h1-2,5-6H,3-4H2,(H,16,17). The lowest BCUT2D eigenvalue weighted by Crippen LogP contribution is -2.17. The number of aromatic nitrogens is 2. The van der Waals surface area contributed by atoms with Crippen LogP contribution in [0.4, 0.5) is 0 Å². The summed E-state index contributed by atoms with van der Waals surface area (Å²) in [6, 6.07) is 7.48. The van der Waals surface area contributed by atoms with Gasteiger partial charge in [0.1, 0.15) is 11.6 Å². The highest BCUT2D eigenvalue weighted by molar-refractivity contribution is 5.69. The minimum Gasteiger partial charge on any atom is -0.324 e. The quantitative estimate of drug-likeness (QED) is 0.734. The normalized spacial score (nSPS) is 12.4. The topological polar surface area (TPSA) is 69.5 Å². The van der Waals surface area contributed by atoms with Crippen LogP contribution in [0.25, 0.3) is 11.3 Å². The van der Waals surface area contributed by atoms with Crippen molar-refractivity contribution in [3.05, 3.63) is 51.6 Å². The first-order chi connectivity index (χ1) is 8.29. The molecule has 0 radical (unpaired) electrons. The summed E-state index contributed by atoms with van der Waals surface area (Å²) in [6.45, 7) is 0. The van der Waals surface area contributed by atoms with Crippen LogP contribution in [-0.2, 0) is 12.8 Å². The summed E-state index contributed by atoms with van der Waals surface area (Å²) in [5.74, 6) is 0. The average Bonchev–Trinajstić information content (AvgIpc) is 2.37. The summed E-state index contributed by atoms with van der Waals surface area (Å²) in [5.41, 5.74) is 3.62. The second-order valence-corrected chi connectivity index (χ2v) is 4.03. The van der Waals surface area contributed by atoms with Gasteiger partial charge in [0.15, 0.2) is 0 Å². The van der Waals surface area contributed by atoms with Crippen molar-refractivity contribution in [1.82, 2.24) is 9.97 Å². The van der Waals surface area contributed by atoms with Crippen molar-refractivity contribution in [2.45, 2.75) is 12.8 Å². The van der Waals surface area contributed by atoms with Crippen molar-refractivity contribution in [1.29, 1.82) is 5.26 Å². The molecule has 2 aromatic heterocycles. The lowest BCUT2D eigenvalue weighted by Gasteiger charge is -2.17. The number of H-pyrrole nitrogens is 1. The third-order valence-corrected chi connectivity index (χ3v) is 3.03. The van der Waals surface area contributed by atoms with Crippen molar-refractivity contribution >= 4 is 0 Å². The molecule has 2 heterocycles. The second kappa shape index (κ2) is 3.56. The molecule has 0 saturated carbocycles. The molecule has 0 spiro atoms. The molecule has 0 bridgehead atoms. The molecule has 82 valence electrons. The molecule has 0 amide bonds. The summed E-state index contributed by atoms with van der Waals surface area (Å²) in [5, 5.41) is 8.88. The van der Waals surface area contributed by atoms with E-state index in [9.17, 15) is 4.79 Å². The van der Waals surface area contributed by atoms with Crippen LogP contribution in [-0.4, -0.2) is 9.97 Å². The third-order valence-electron chi connectivity index (χ3n) is 3.03. The smallest absolute Gasteiger partial charge is 0.266 e. The average molecular weight is 223 g/mol. The Morgan fingerprint density at radius 1 is 1.41 bits per heavy atom. The zero-order valence-corrected chi connectivity index (χ0v) is 9.03. The van der Waals surface area contributed by atoms with Crippen molar-refractivity contribution < 1.29 is 0 Å². The van der Waals surface area contributed by atoms with Crippen LogP contribution < -0.4 is 5.56 Å². The van der Waals surface area contributed by atoms with Crippen LogP contribution in [0.2, 0.25) is 0 Å². The fourth-order valence-electron chi connectivity index (χ4n) is 2.20. The maximum Gasteiger partial charge on any atom is 0.266 e. The Morgan fingerprint density at radius 3 is 3.12 bits per heavy atom. The number of hydrogen-bond acceptors (Lipinski definition) is 3. The number of rotatable bonds is 0. The molecule has 0 fully saturated rings. The van der Waals surface area contributed by atoms with Crippen molar-refractivity contribution in [2.75, 3.05) is 0 Å². The van der Waals surface area contributed by atoms with Crippen LogP contribution in [0, 0.1) is 11.3 Å². The molecule has 3 rings (SSSR count). The van der Waals surface area contributed by atoms with Gasteiger partial charge in [0.2, 0.25) is 0 Å². The molecule has 0 unspecified atom stereocenters. The number of aromatic amines is 1. The molecule has 2 aromatic rings. The first-order valence-corrected chi connectivity index (χ1v) is 5.40. The highest BCUT2D eigenvalue weighted by Gasteiger charge is 2.18. The van der Waals surface area contributed by atoms with E-state index in [-0.39, 0.29) is 11.1 Å². The minimum atomic E-state index is -0.314. The van der Waals surface area contributed by atoms with E-state index < -0.39 is 0 Å². The van der Waals surface area contributed by atoms with Gasteiger partial charge >= 0.3 is 0 Å². The minimum absolute atomic E-state index is 0.141. The van der Waals surface area contributed by atoms with Gasteiger partial charge in [-0.05, 0) is 30.5 Å². The molecule has 4 heteroatoms. The summed E-state index contributed by atoms with van der Waals surface area (Å²) < 4.78 is 0. The molecular weight excluding hydrogens is 214 g/mol. The molecule has 1 aliphatic carbocycles. The summed E-state index contributed by atoms with van der Waals surface area (Å²) in [4.78, 5) is 18.6. The van der Waals surface area contributed by atoms with Crippen LogP contribution in [0.15, 0.2) is 29.2 Å². The second-order valence-electron chi connectivity index (χ2n) is 4.03. The van der Waals surface area contributed by atoms with Gasteiger partial charge in [-0.15, -0.1) is 0 Å². The van der Waals surface area contributed by atoms with Crippen molar-refractivity contribution in [2.24, 2.45) is 0 Å². The van der Waals surface area contributed by atoms with E-state index in [1.165, 1.54) is 0 Å². The Labute approximate surface area is 97.6 Å². The van der Waals surface area contributed by atoms with Gasteiger partial charge in [-0.1, -0.05) is 6.07 Å². The van der Waals surface area contributed by atoms with Gasteiger partial charge in [-0.25, -0.2) is 0 Å². The predicted octanol–water partition coefficient (Wildman–Crippen LogP) is 1.41. The summed E-state index contributed by atoms with van der Waals surface area (Å²) >= 11 is 0. The van der Waals surface area contributed by atoms with Gasteiger partial charge in [0.05, 0.1) is 5.69 Å². The highest BCUT2D eigenvalue weighted by atomic mass is 16.1. The number of hydrogen-bond donors (Lipinski definition) is 1. The van der Waals surface area contributed by atoms with Gasteiger partial charge in [0, 0.05) is 17.5 Å². The van der Waals surface area contributed by atoms with Crippen LogP contribution in [0.5, 0.6) is 0 Å². The number of nitrogens with one attached hydrogen (secondary N) is 1. The number of pyridine rings is 2. The summed E-state index contributed by atoms with van der Waals surface area (Å²) in [6.07, 6.45) is 3.39. The third kappa shape index (κ3) is 1.44. The molecule has 0 aliphatic heterocycles. The Bertz CT molecular complexity index is 695. The number of nitriles is 1. The van der Waals surface area contributed by atoms with Gasteiger partial charge < -0.3 is 4.98 Å². The monoisotopic (exact) mass is 223 g/mol. The number of aryl methyl sites for hydroxylation is 2. The Morgan fingerprint density at radius 2 is 2.29 bits per heavy atom. The molecule has 0 atom stereocenters. The Kier molecular flexibility index (Phi) is 2.05. The van der Waals surface area contributed by atoms with Gasteiger partial charge in [-0.3, -0.25) is 9.78 Å². The maximum atomic E-state index is 11.5. The van der Waals surface area contributed by atoms with E-state index in [4.69, 9.17) is 5.26 Å². The first kappa shape index (κ1) is 9.79. The van der Waals surface area contributed by atoms with Gasteiger partial charge in [0.25, 0.3) is 5.56 Å². The molecule has 1 aliphatic rings. The molecule has 17 heavy (non-hydrogen) atoms. The molecule has 4 nitrogen and oxygen atoms in total. The SMILES string of the molecule is N#Cc1cc2c([nH]c1=O)CCc1cccnc1-2. The van der Waals surface area contributed by atoms with Crippen LogP contribution >= 0.6 is 0 Å². The van der Waals surface area contributed by atoms with E-state index >= 15 is 0 Å². The predicted molar refractivity (Wildman–Crippen MR) is 62.4 cm³/mol. The molecule has 0 saturated heterocycles. The zero-order chi connectivity index (χ0) is 11.8. The lowest BCUT2D eigenvalue weighted by molar-refractivity contribution is 0.875. The van der Waals surface area contributed by atoms with E-state index in [1.54, 1.807) is 12.3 Å². The van der Waals surface area contributed by atoms with E-state index in [2.05, 4.69) is 9.97 Å². The fraction of sp³-hybridized carbons (Fsp3) is 0.154. The molecule has 0 aromatic carbocycles. The maximum absolute atomic E-state index is 11.5. The van der Waals surface area contributed by atoms with Crippen molar-refractivity contribution in [3.8, 4) is 17.3 Å². The lowest BCUT2D eigenvalue weighted by atomic mass is 9.92. The van der Waals surface area contributed by atoms with E-state index in [0.29, 0.717) is 0 Å². The van der Waals surface area contributed by atoms with E-state index in [1.807, 2.05) is 18.2 Å². The Hall–Kier alpha value is -2.41. The summed E-state index contributed by atoms with van der Waals surface area (Å²) in [7, 11) is 0. The van der Waals surface area contributed by atoms with Crippen LogP contribution in [0.3, 0.4) is 0 Å². The molecule has 1 N–H and O–H groups in total. The van der Waals surface area contributed by atoms with Gasteiger partial charge in [-0.2, -0.15) is 5.26 Å². The van der Waals surface area contributed by atoms with E-state index in [0.717, 1.165) is 35.4 Å². The van der Waals surface area contributed by atoms with Crippen molar-refractivity contribution in [3.63, 3.8) is 0 Å². The van der Waals surface area contributed by atoms with Crippen LogP contribution in [0.1, 0.15) is 16.8 Å². The zero-order valence-electron chi connectivity index (χ0n) is 9.03. The number of nitrogens with zero attached hydrogens (tertiary/aromatic N) is 2. The fourth-order valence-corrected chi connectivity index (χ4v) is 2.20. The first-order valence-electron chi connectivity index (χ1n) is 5.40.